The van der Waals surface area contributed by atoms with Crippen molar-refractivity contribution in [1.29, 1.82) is 0 Å². The monoisotopic (exact) mass is 300 g/mol. The number of ether oxygens (including phenoxy) is 1. The molecule has 4 heteroatoms. The zero-order valence-electron chi connectivity index (χ0n) is 13.3. The molecular weight excluding hydrogens is 276 g/mol. The molecule has 3 aliphatic rings. The van der Waals surface area contributed by atoms with Crippen molar-refractivity contribution in [1.82, 2.24) is 10.2 Å². The number of morpholine rings is 1. The van der Waals surface area contributed by atoms with Crippen LogP contribution in [0.1, 0.15) is 30.9 Å². The van der Waals surface area contributed by atoms with Crippen molar-refractivity contribution in [3.8, 4) is 0 Å². The number of carbonyl (C=O) groups excluding carboxylic acids is 1. The number of nitrogens with one attached hydrogen (secondary N) is 1. The van der Waals surface area contributed by atoms with E-state index in [2.05, 4.69) is 48.3 Å². The minimum atomic E-state index is -0.312. The van der Waals surface area contributed by atoms with Gasteiger partial charge in [0.2, 0.25) is 0 Å². The maximum Gasteiger partial charge on any atom is 0.250 e. The molecule has 4 atom stereocenters. The fraction of sp³-hybridized carbons (Fsp3) is 0.611. The van der Waals surface area contributed by atoms with E-state index in [9.17, 15) is 4.79 Å². The van der Waals surface area contributed by atoms with Gasteiger partial charge < -0.3 is 10.1 Å². The Labute approximate surface area is 131 Å². The van der Waals surface area contributed by atoms with Gasteiger partial charge in [0.15, 0.2) is 0 Å². The van der Waals surface area contributed by atoms with Gasteiger partial charge in [-0.15, -0.1) is 0 Å². The predicted octanol–water partition coefficient (Wildman–Crippen LogP) is 1.55. The summed E-state index contributed by atoms with van der Waals surface area (Å²) < 4.78 is 5.69. The van der Waals surface area contributed by atoms with Crippen LogP contribution in [0.4, 0.5) is 0 Å². The molecule has 1 aromatic carbocycles. The second kappa shape index (κ2) is 5.36. The Bertz CT molecular complexity index is 586. The number of hydrogen-bond acceptors (Lipinski definition) is 3. The van der Waals surface area contributed by atoms with E-state index in [1.54, 1.807) is 0 Å². The summed E-state index contributed by atoms with van der Waals surface area (Å²) in [6.07, 6.45) is 0.794. The summed E-state index contributed by atoms with van der Waals surface area (Å²) >= 11 is 0. The molecule has 0 aromatic heterocycles. The normalized spacial score (nSPS) is 33.4. The molecule has 2 fully saturated rings. The van der Waals surface area contributed by atoms with Crippen molar-refractivity contribution >= 4 is 5.91 Å². The van der Waals surface area contributed by atoms with Crippen molar-refractivity contribution in [2.24, 2.45) is 5.92 Å². The number of amides is 1. The van der Waals surface area contributed by atoms with E-state index in [0.29, 0.717) is 37.1 Å². The third kappa shape index (κ3) is 2.34. The smallest absolute Gasteiger partial charge is 0.250 e. The van der Waals surface area contributed by atoms with Crippen LogP contribution in [-0.2, 0) is 16.0 Å². The lowest BCUT2D eigenvalue weighted by Crippen LogP contribution is -2.52. The van der Waals surface area contributed by atoms with Gasteiger partial charge >= 0.3 is 0 Å². The molecule has 2 aliphatic carbocycles. The first kappa shape index (κ1) is 14.2. The number of hydrogen-bond donors (Lipinski definition) is 1. The SMILES string of the molecule is CC(C)N1CCO[C@H](C(=O)N[C@@H]2[C@H]3Cc4ccccc4[C@H]32)C1. The summed E-state index contributed by atoms with van der Waals surface area (Å²) in [7, 11) is 0. The van der Waals surface area contributed by atoms with Crippen molar-refractivity contribution in [3.63, 3.8) is 0 Å². The Morgan fingerprint density at radius 2 is 2.18 bits per heavy atom. The largest absolute Gasteiger partial charge is 0.366 e. The molecule has 4 nitrogen and oxygen atoms in total. The second-order valence-corrected chi connectivity index (χ2v) is 7.08. The molecule has 1 heterocycles. The van der Waals surface area contributed by atoms with Crippen LogP contribution in [0.2, 0.25) is 0 Å². The van der Waals surface area contributed by atoms with Crippen molar-refractivity contribution in [2.75, 3.05) is 19.7 Å². The van der Waals surface area contributed by atoms with Gasteiger partial charge in [-0.25, -0.2) is 0 Å². The molecule has 0 bridgehead atoms. The van der Waals surface area contributed by atoms with Gasteiger partial charge in [0.25, 0.3) is 5.91 Å². The van der Waals surface area contributed by atoms with E-state index in [1.807, 2.05) is 0 Å². The van der Waals surface area contributed by atoms with E-state index >= 15 is 0 Å². The Morgan fingerprint density at radius 1 is 1.36 bits per heavy atom. The van der Waals surface area contributed by atoms with Crippen LogP contribution < -0.4 is 5.32 Å². The maximum absolute atomic E-state index is 12.5. The van der Waals surface area contributed by atoms with Crippen LogP contribution in [-0.4, -0.2) is 48.7 Å². The van der Waals surface area contributed by atoms with E-state index in [1.165, 1.54) is 11.1 Å². The molecular formula is C18H24N2O2. The fourth-order valence-corrected chi connectivity index (χ4v) is 4.10. The second-order valence-electron chi connectivity index (χ2n) is 7.08. The summed E-state index contributed by atoms with van der Waals surface area (Å²) in [5, 5.41) is 3.24. The van der Waals surface area contributed by atoms with Crippen LogP contribution in [0.25, 0.3) is 0 Å². The van der Waals surface area contributed by atoms with Crippen LogP contribution >= 0.6 is 0 Å². The minimum Gasteiger partial charge on any atom is -0.366 e. The van der Waals surface area contributed by atoms with Gasteiger partial charge in [0, 0.05) is 31.1 Å². The molecule has 4 rings (SSSR count). The fourth-order valence-electron chi connectivity index (χ4n) is 4.10. The predicted molar refractivity (Wildman–Crippen MR) is 84.8 cm³/mol. The van der Waals surface area contributed by atoms with Gasteiger partial charge in [0.1, 0.15) is 6.10 Å². The van der Waals surface area contributed by atoms with Gasteiger partial charge in [-0.05, 0) is 37.3 Å². The molecule has 1 N–H and O–H groups in total. The van der Waals surface area contributed by atoms with Crippen LogP contribution in [0.5, 0.6) is 0 Å². The molecule has 0 radical (unpaired) electrons. The third-order valence-corrected chi connectivity index (χ3v) is 5.47. The Kier molecular flexibility index (Phi) is 3.46. The van der Waals surface area contributed by atoms with Gasteiger partial charge in [-0.1, -0.05) is 24.3 Å². The minimum absolute atomic E-state index is 0.0715. The summed E-state index contributed by atoms with van der Waals surface area (Å²) in [6, 6.07) is 9.41. The Balaban J connectivity index is 1.37. The summed E-state index contributed by atoms with van der Waals surface area (Å²) in [6.45, 7) is 6.62. The molecule has 1 aromatic rings. The molecule has 1 aliphatic heterocycles. The number of rotatable bonds is 3. The topological polar surface area (TPSA) is 41.6 Å². The molecule has 1 saturated carbocycles. The highest BCUT2D eigenvalue weighted by molar-refractivity contribution is 5.82. The Hall–Kier alpha value is -1.39. The first-order chi connectivity index (χ1) is 10.6. The summed E-state index contributed by atoms with van der Waals surface area (Å²) in [4.78, 5) is 14.8. The van der Waals surface area contributed by atoms with E-state index in [-0.39, 0.29) is 12.0 Å². The molecule has 22 heavy (non-hydrogen) atoms. The van der Waals surface area contributed by atoms with Gasteiger partial charge in [-0.2, -0.15) is 0 Å². The molecule has 0 spiro atoms. The molecule has 1 saturated heterocycles. The summed E-state index contributed by atoms with van der Waals surface area (Å²) in [5.74, 6) is 1.21. The van der Waals surface area contributed by atoms with Gasteiger partial charge in [0.05, 0.1) is 6.61 Å². The number of fused-ring (bicyclic) bond motifs is 3. The van der Waals surface area contributed by atoms with Crippen LogP contribution in [0.3, 0.4) is 0 Å². The lowest BCUT2D eigenvalue weighted by atomic mass is 10.1. The van der Waals surface area contributed by atoms with Crippen molar-refractivity contribution < 1.29 is 9.53 Å². The van der Waals surface area contributed by atoms with Crippen molar-refractivity contribution in [3.05, 3.63) is 35.4 Å². The highest BCUT2D eigenvalue weighted by Crippen LogP contribution is 2.56. The zero-order chi connectivity index (χ0) is 15.3. The molecule has 118 valence electrons. The van der Waals surface area contributed by atoms with Crippen molar-refractivity contribution in [2.45, 2.75) is 44.4 Å². The van der Waals surface area contributed by atoms with Crippen LogP contribution in [0.15, 0.2) is 24.3 Å². The highest BCUT2D eigenvalue weighted by Gasteiger charge is 2.56. The molecule has 0 unspecified atom stereocenters. The first-order valence-corrected chi connectivity index (χ1v) is 8.39. The summed E-state index contributed by atoms with van der Waals surface area (Å²) in [5.41, 5.74) is 2.90. The third-order valence-electron chi connectivity index (χ3n) is 5.47. The number of nitrogens with zero attached hydrogens (tertiary/aromatic N) is 1. The lowest BCUT2D eigenvalue weighted by Gasteiger charge is -2.34. The lowest BCUT2D eigenvalue weighted by molar-refractivity contribution is -0.139. The van der Waals surface area contributed by atoms with E-state index < -0.39 is 0 Å². The van der Waals surface area contributed by atoms with E-state index in [0.717, 1.165) is 13.0 Å². The van der Waals surface area contributed by atoms with Crippen LogP contribution in [0, 0.1) is 5.92 Å². The quantitative estimate of drug-likeness (QED) is 0.921. The molecule has 1 amide bonds. The zero-order valence-corrected chi connectivity index (χ0v) is 13.3. The first-order valence-electron chi connectivity index (χ1n) is 8.39. The standard InChI is InChI=1S/C18H24N2O2/c1-11(2)20-7-8-22-15(10-20)18(21)19-17-14-9-12-5-3-4-6-13(12)16(14)17/h3-6,11,14-17H,7-10H2,1-2H3,(H,19,21)/t14-,15-,16+,17+/m0/s1. The Morgan fingerprint density at radius 3 is 3.00 bits per heavy atom. The number of benzene rings is 1. The maximum atomic E-state index is 12.5. The van der Waals surface area contributed by atoms with Gasteiger partial charge in [-0.3, -0.25) is 9.69 Å². The van der Waals surface area contributed by atoms with E-state index in [4.69, 9.17) is 4.74 Å². The average molecular weight is 300 g/mol. The highest BCUT2D eigenvalue weighted by atomic mass is 16.5. The number of carbonyl (C=O) groups is 1. The average Bonchev–Trinajstić information content (AvgIpc) is 3.04.